The van der Waals surface area contributed by atoms with Crippen molar-refractivity contribution >= 4 is 33.4 Å². The molecule has 0 aliphatic heterocycles. The zero-order chi connectivity index (χ0) is 15.2. The Kier molecular flexibility index (Phi) is 4.60. The fourth-order valence-electron chi connectivity index (χ4n) is 1.91. The molecule has 0 fully saturated rings. The molecular weight excluding hydrogens is 342 g/mol. The lowest BCUT2D eigenvalue weighted by molar-refractivity contribution is 0.965. The number of hydrogen-bond acceptors (Lipinski definition) is 5. The van der Waals surface area contributed by atoms with E-state index in [0.29, 0.717) is 18.3 Å². The van der Waals surface area contributed by atoms with Gasteiger partial charge >= 0.3 is 0 Å². The summed E-state index contributed by atoms with van der Waals surface area (Å²) in [6.45, 7) is 0.688. The van der Waals surface area contributed by atoms with Gasteiger partial charge in [-0.25, -0.2) is 0 Å². The monoisotopic (exact) mass is 355 g/mol. The van der Waals surface area contributed by atoms with Crippen LogP contribution in [0, 0.1) is 0 Å². The highest BCUT2D eigenvalue weighted by molar-refractivity contribution is 9.10. The van der Waals surface area contributed by atoms with Crippen LogP contribution < -0.4 is 10.6 Å². The van der Waals surface area contributed by atoms with Crippen molar-refractivity contribution < 1.29 is 0 Å². The van der Waals surface area contributed by atoms with Crippen LogP contribution in [0.5, 0.6) is 0 Å². The molecule has 6 heteroatoms. The van der Waals surface area contributed by atoms with Gasteiger partial charge in [-0.2, -0.15) is 10.1 Å². The number of hydrogen-bond donors (Lipinski definition) is 2. The zero-order valence-electron chi connectivity index (χ0n) is 11.7. The van der Waals surface area contributed by atoms with Crippen LogP contribution in [-0.2, 0) is 6.54 Å². The number of nitrogens with one attached hydrogen (secondary N) is 2. The third-order valence-corrected chi connectivity index (χ3v) is 3.69. The van der Waals surface area contributed by atoms with Crippen LogP contribution in [0.1, 0.15) is 5.56 Å². The quantitative estimate of drug-likeness (QED) is 0.724. The molecule has 0 saturated carbocycles. The smallest absolute Gasteiger partial charge is 0.249 e. The van der Waals surface area contributed by atoms with E-state index in [4.69, 9.17) is 0 Å². The van der Waals surface area contributed by atoms with Gasteiger partial charge in [0.15, 0.2) is 5.82 Å². The van der Waals surface area contributed by atoms with E-state index >= 15 is 0 Å². The van der Waals surface area contributed by atoms with Crippen molar-refractivity contribution in [2.75, 3.05) is 10.6 Å². The highest BCUT2D eigenvalue weighted by Gasteiger charge is 2.03. The molecule has 0 radical (unpaired) electrons. The molecule has 0 unspecified atom stereocenters. The molecule has 5 nitrogen and oxygen atoms in total. The van der Waals surface area contributed by atoms with Crippen LogP contribution >= 0.6 is 15.9 Å². The van der Waals surface area contributed by atoms with E-state index in [9.17, 15) is 0 Å². The predicted octanol–water partition coefficient (Wildman–Crippen LogP) is 3.99. The summed E-state index contributed by atoms with van der Waals surface area (Å²) < 4.78 is 0.946. The lowest BCUT2D eigenvalue weighted by Gasteiger charge is -2.08. The normalized spacial score (nSPS) is 10.2. The molecule has 0 bridgehead atoms. The fourth-order valence-corrected chi connectivity index (χ4v) is 2.30. The average Bonchev–Trinajstić information content (AvgIpc) is 2.57. The first-order valence-electron chi connectivity index (χ1n) is 6.80. The van der Waals surface area contributed by atoms with Gasteiger partial charge in [-0.1, -0.05) is 42.5 Å². The molecule has 3 aromatic rings. The Labute approximate surface area is 137 Å². The molecule has 1 aromatic heterocycles. The largest absolute Gasteiger partial charge is 0.365 e. The number of halogens is 1. The summed E-state index contributed by atoms with van der Waals surface area (Å²) in [6, 6.07) is 17.9. The average molecular weight is 356 g/mol. The molecule has 0 saturated heterocycles. The van der Waals surface area contributed by atoms with Crippen molar-refractivity contribution in [2.24, 2.45) is 0 Å². The summed E-state index contributed by atoms with van der Waals surface area (Å²) in [7, 11) is 0. The van der Waals surface area contributed by atoms with E-state index in [1.807, 2.05) is 42.5 Å². The second-order valence-corrected chi connectivity index (χ2v) is 5.46. The maximum absolute atomic E-state index is 4.41. The number of rotatable bonds is 5. The second kappa shape index (κ2) is 7.00. The van der Waals surface area contributed by atoms with E-state index < -0.39 is 0 Å². The van der Waals surface area contributed by atoms with Gasteiger partial charge in [0.05, 0.1) is 11.9 Å². The van der Waals surface area contributed by atoms with Crippen molar-refractivity contribution in [3.05, 3.63) is 70.8 Å². The summed E-state index contributed by atoms with van der Waals surface area (Å²) in [5, 5.41) is 14.3. The van der Waals surface area contributed by atoms with Gasteiger partial charge in [0.25, 0.3) is 0 Å². The Morgan fingerprint density at radius 3 is 2.55 bits per heavy atom. The summed E-state index contributed by atoms with van der Waals surface area (Å²) in [4.78, 5) is 4.41. The molecule has 0 atom stereocenters. The third kappa shape index (κ3) is 3.79. The van der Waals surface area contributed by atoms with Crippen LogP contribution in [0.25, 0.3) is 0 Å². The van der Waals surface area contributed by atoms with Crippen LogP contribution in [0.2, 0.25) is 0 Å². The topological polar surface area (TPSA) is 62.7 Å². The molecule has 22 heavy (non-hydrogen) atoms. The summed E-state index contributed by atoms with van der Waals surface area (Å²) in [6.07, 6.45) is 1.61. The standard InChI is InChI=1S/C16H14BrN5/c17-13-8-4-5-9-14(13)20-16-21-15(11-19-22-16)18-10-12-6-2-1-3-7-12/h1-9,11H,10H2,(H2,18,20,21,22). The molecule has 2 N–H and O–H groups in total. The number of anilines is 3. The summed E-state index contributed by atoms with van der Waals surface area (Å²) >= 11 is 3.48. The van der Waals surface area contributed by atoms with Crippen molar-refractivity contribution in [2.45, 2.75) is 6.54 Å². The van der Waals surface area contributed by atoms with Gasteiger partial charge in [0.2, 0.25) is 5.95 Å². The maximum atomic E-state index is 4.41. The first-order valence-corrected chi connectivity index (χ1v) is 7.59. The van der Waals surface area contributed by atoms with E-state index in [1.165, 1.54) is 5.56 Å². The third-order valence-electron chi connectivity index (χ3n) is 3.00. The van der Waals surface area contributed by atoms with Gasteiger partial charge in [0.1, 0.15) is 0 Å². The van der Waals surface area contributed by atoms with Gasteiger partial charge in [-0.3, -0.25) is 0 Å². The highest BCUT2D eigenvalue weighted by atomic mass is 79.9. The minimum absolute atomic E-state index is 0.449. The minimum Gasteiger partial charge on any atom is -0.365 e. The molecule has 0 aliphatic rings. The van der Waals surface area contributed by atoms with Crippen molar-refractivity contribution in [1.29, 1.82) is 0 Å². The van der Waals surface area contributed by atoms with Crippen molar-refractivity contribution in [3.8, 4) is 0 Å². The molecule has 0 amide bonds. The Morgan fingerprint density at radius 2 is 1.73 bits per heavy atom. The lowest BCUT2D eigenvalue weighted by Crippen LogP contribution is -2.05. The number of benzene rings is 2. The number of nitrogens with zero attached hydrogens (tertiary/aromatic N) is 3. The Morgan fingerprint density at radius 1 is 0.955 bits per heavy atom. The summed E-state index contributed by atoms with van der Waals surface area (Å²) in [5.41, 5.74) is 2.07. The predicted molar refractivity (Wildman–Crippen MR) is 91.0 cm³/mol. The second-order valence-electron chi connectivity index (χ2n) is 4.61. The molecule has 0 spiro atoms. The van der Waals surface area contributed by atoms with E-state index in [-0.39, 0.29) is 0 Å². The molecule has 3 rings (SSSR count). The van der Waals surface area contributed by atoms with Crippen molar-refractivity contribution in [1.82, 2.24) is 15.2 Å². The van der Waals surface area contributed by atoms with Crippen LogP contribution in [0.4, 0.5) is 17.5 Å². The van der Waals surface area contributed by atoms with Crippen LogP contribution in [-0.4, -0.2) is 15.2 Å². The number of para-hydroxylation sites is 1. The Balaban J connectivity index is 1.69. The minimum atomic E-state index is 0.449. The molecular formula is C16H14BrN5. The summed E-state index contributed by atoms with van der Waals surface area (Å²) in [5.74, 6) is 1.12. The van der Waals surface area contributed by atoms with Gasteiger partial charge in [-0.15, -0.1) is 5.10 Å². The number of aromatic nitrogens is 3. The molecule has 0 aliphatic carbocycles. The van der Waals surface area contributed by atoms with Gasteiger partial charge in [-0.05, 0) is 33.6 Å². The lowest BCUT2D eigenvalue weighted by atomic mass is 10.2. The Bertz CT molecular complexity index is 748. The first kappa shape index (κ1) is 14.5. The highest BCUT2D eigenvalue weighted by Crippen LogP contribution is 2.23. The maximum Gasteiger partial charge on any atom is 0.249 e. The first-order chi connectivity index (χ1) is 10.8. The van der Waals surface area contributed by atoms with Crippen LogP contribution in [0.15, 0.2) is 65.3 Å². The molecule has 1 heterocycles. The Hall–Kier alpha value is -2.47. The van der Waals surface area contributed by atoms with Crippen LogP contribution in [0.3, 0.4) is 0 Å². The zero-order valence-corrected chi connectivity index (χ0v) is 13.3. The van der Waals surface area contributed by atoms with E-state index in [2.05, 4.69) is 53.9 Å². The SMILES string of the molecule is Brc1ccccc1Nc1nncc(NCc2ccccc2)n1. The van der Waals surface area contributed by atoms with E-state index in [1.54, 1.807) is 6.20 Å². The fraction of sp³-hybridized carbons (Fsp3) is 0.0625. The van der Waals surface area contributed by atoms with E-state index in [0.717, 1.165) is 10.2 Å². The molecule has 110 valence electrons. The molecule has 2 aromatic carbocycles. The van der Waals surface area contributed by atoms with Gasteiger partial charge in [0, 0.05) is 11.0 Å². The van der Waals surface area contributed by atoms with Crippen molar-refractivity contribution in [3.63, 3.8) is 0 Å². The van der Waals surface area contributed by atoms with Gasteiger partial charge < -0.3 is 10.6 Å².